The van der Waals surface area contributed by atoms with Crippen molar-refractivity contribution in [1.29, 1.82) is 0 Å². The van der Waals surface area contributed by atoms with Crippen LogP contribution in [0, 0.1) is 5.92 Å². The largest absolute Gasteiger partial charge is 0.319 e. The van der Waals surface area contributed by atoms with Crippen molar-refractivity contribution in [3.05, 3.63) is 35.4 Å². The molecule has 1 aliphatic rings. The fourth-order valence-electron chi connectivity index (χ4n) is 2.57. The normalized spacial score (nSPS) is 17.1. The van der Waals surface area contributed by atoms with E-state index in [1.54, 1.807) is 0 Å². The molecule has 2 nitrogen and oxygen atoms in total. The summed E-state index contributed by atoms with van der Waals surface area (Å²) in [5.41, 5.74) is 2.98. The van der Waals surface area contributed by atoms with Crippen molar-refractivity contribution in [2.24, 2.45) is 5.92 Å². The summed E-state index contributed by atoms with van der Waals surface area (Å²) in [5, 5.41) is 3.23. The summed E-state index contributed by atoms with van der Waals surface area (Å²) in [6.45, 7) is 4.50. The summed E-state index contributed by atoms with van der Waals surface area (Å²) in [5.74, 6) is 0.944. The first-order valence-electron chi connectivity index (χ1n) is 7.14. The van der Waals surface area contributed by atoms with Crippen LogP contribution in [0.5, 0.6) is 0 Å². The van der Waals surface area contributed by atoms with E-state index in [2.05, 4.69) is 48.5 Å². The van der Waals surface area contributed by atoms with Gasteiger partial charge in [0.25, 0.3) is 0 Å². The molecular formula is C16H26N2. The molecule has 1 N–H and O–H groups in total. The molecule has 1 atom stereocenters. The quantitative estimate of drug-likeness (QED) is 0.796. The van der Waals surface area contributed by atoms with Crippen molar-refractivity contribution in [2.75, 3.05) is 20.6 Å². The van der Waals surface area contributed by atoms with E-state index < -0.39 is 0 Å². The molecule has 1 aromatic rings. The first-order valence-corrected chi connectivity index (χ1v) is 7.14. The Morgan fingerprint density at radius 2 is 1.94 bits per heavy atom. The number of benzene rings is 1. The molecule has 0 aliphatic heterocycles. The molecule has 18 heavy (non-hydrogen) atoms. The van der Waals surface area contributed by atoms with Gasteiger partial charge in [0.05, 0.1) is 0 Å². The molecule has 1 aromatic carbocycles. The van der Waals surface area contributed by atoms with Gasteiger partial charge in [0.15, 0.2) is 0 Å². The van der Waals surface area contributed by atoms with Gasteiger partial charge in [0.1, 0.15) is 0 Å². The summed E-state index contributed by atoms with van der Waals surface area (Å²) in [7, 11) is 4.28. The number of nitrogens with zero attached hydrogens (tertiary/aromatic N) is 1. The van der Waals surface area contributed by atoms with Crippen LogP contribution < -0.4 is 5.32 Å². The summed E-state index contributed by atoms with van der Waals surface area (Å²) in [6, 6.07) is 9.58. The van der Waals surface area contributed by atoms with Gasteiger partial charge in [-0.2, -0.15) is 0 Å². The Labute approximate surface area is 111 Å². The predicted octanol–water partition coefficient (Wildman–Crippen LogP) is 2.68. The van der Waals surface area contributed by atoms with Crippen LogP contribution in [0.25, 0.3) is 0 Å². The fourth-order valence-corrected chi connectivity index (χ4v) is 2.57. The molecule has 1 saturated carbocycles. The smallest absolute Gasteiger partial charge is 0.0236 e. The highest BCUT2D eigenvalue weighted by atomic mass is 15.1. The van der Waals surface area contributed by atoms with E-state index in [1.165, 1.54) is 24.0 Å². The number of hydrogen-bond acceptors (Lipinski definition) is 2. The third kappa shape index (κ3) is 3.56. The maximum absolute atomic E-state index is 3.23. The molecular weight excluding hydrogens is 220 g/mol. The second-order valence-corrected chi connectivity index (χ2v) is 5.62. The van der Waals surface area contributed by atoms with E-state index in [1.807, 2.05) is 7.05 Å². The Kier molecular flexibility index (Phi) is 4.79. The number of rotatable bonds is 7. The second-order valence-electron chi connectivity index (χ2n) is 5.62. The highest BCUT2D eigenvalue weighted by molar-refractivity contribution is 5.27. The molecule has 1 aliphatic carbocycles. The van der Waals surface area contributed by atoms with Gasteiger partial charge >= 0.3 is 0 Å². The average Bonchev–Trinajstić information content (AvgIpc) is 3.21. The van der Waals surface area contributed by atoms with E-state index >= 15 is 0 Å². The van der Waals surface area contributed by atoms with Gasteiger partial charge in [-0.15, -0.1) is 0 Å². The van der Waals surface area contributed by atoms with Crippen LogP contribution in [0.2, 0.25) is 0 Å². The Balaban J connectivity index is 1.98. The van der Waals surface area contributed by atoms with Gasteiger partial charge < -0.3 is 5.32 Å². The number of hydrogen-bond donors (Lipinski definition) is 1. The first kappa shape index (κ1) is 13.6. The van der Waals surface area contributed by atoms with Crippen molar-refractivity contribution < 1.29 is 0 Å². The number of nitrogens with one attached hydrogen (secondary N) is 1. The fraction of sp³-hybridized carbons (Fsp3) is 0.625. The minimum Gasteiger partial charge on any atom is -0.319 e. The van der Waals surface area contributed by atoms with E-state index in [9.17, 15) is 0 Å². The lowest BCUT2D eigenvalue weighted by Crippen LogP contribution is -2.30. The zero-order valence-electron chi connectivity index (χ0n) is 11.9. The summed E-state index contributed by atoms with van der Waals surface area (Å²) in [6.07, 6.45) is 3.97. The zero-order chi connectivity index (χ0) is 13.0. The first-order chi connectivity index (χ1) is 8.72. The molecule has 0 spiro atoms. The highest BCUT2D eigenvalue weighted by Gasteiger charge is 2.30. The van der Waals surface area contributed by atoms with Crippen molar-refractivity contribution >= 4 is 0 Å². The SMILES string of the molecule is CNCCc1ccccc1CN(C)C(C)C1CC1. The Morgan fingerprint density at radius 3 is 2.56 bits per heavy atom. The zero-order valence-corrected chi connectivity index (χ0v) is 11.9. The van der Waals surface area contributed by atoms with E-state index in [0.717, 1.165) is 31.5 Å². The standard InChI is InChI=1S/C16H26N2/c1-13(14-8-9-14)18(3)12-16-7-5-4-6-15(16)10-11-17-2/h4-7,13-14,17H,8-12H2,1-3H3. The summed E-state index contributed by atoms with van der Waals surface area (Å²) < 4.78 is 0. The van der Waals surface area contributed by atoms with Gasteiger partial charge in [0.2, 0.25) is 0 Å². The third-order valence-corrected chi connectivity index (χ3v) is 4.18. The predicted molar refractivity (Wildman–Crippen MR) is 77.7 cm³/mol. The van der Waals surface area contributed by atoms with Gasteiger partial charge in [0, 0.05) is 12.6 Å². The van der Waals surface area contributed by atoms with Gasteiger partial charge in [-0.3, -0.25) is 4.90 Å². The summed E-state index contributed by atoms with van der Waals surface area (Å²) in [4.78, 5) is 2.51. The highest BCUT2D eigenvalue weighted by Crippen LogP contribution is 2.35. The molecule has 0 saturated heterocycles. The van der Waals surface area contributed by atoms with Crippen LogP contribution in [0.15, 0.2) is 24.3 Å². The van der Waals surface area contributed by atoms with Crippen molar-refractivity contribution in [3.8, 4) is 0 Å². The molecule has 0 bridgehead atoms. The molecule has 1 unspecified atom stereocenters. The van der Waals surface area contributed by atoms with E-state index in [4.69, 9.17) is 0 Å². The lowest BCUT2D eigenvalue weighted by molar-refractivity contribution is 0.226. The Morgan fingerprint density at radius 1 is 1.28 bits per heavy atom. The molecule has 0 aromatic heterocycles. The maximum Gasteiger partial charge on any atom is 0.0236 e. The minimum atomic E-state index is 0.724. The monoisotopic (exact) mass is 246 g/mol. The topological polar surface area (TPSA) is 15.3 Å². The van der Waals surface area contributed by atoms with Crippen molar-refractivity contribution in [3.63, 3.8) is 0 Å². The van der Waals surface area contributed by atoms with Gasteiger partial charge in [-0.05, 0) is 63.9 Å². The minimum absolute atomic E-state index is 0.724. The van der Waals surface area contributed by atoms with Crippen molar-refractivity contribution in [1.82, 2.24) is 10.2 Å². The molecule has 2 heteroatoms. The van der Waals surface area contributed by atoms with E-state index in [-0.39, 0.29) is 0 Å². The molecule has 0 amide bonds. The van der Waals surface area contributed by atoms with Crippen LogP contribution >= 0.6 is 0 Å². The molecule has 0 heterocycles. The second kappa shape index (κ2) is 6.35. The van der Waals surface area contributed by atoms with Crippen LogP contribution in [-0.4, -0.2) is 31.6 Å². The molecule has 1 fully saturated rings. The maximum atomic E-state index is 3.23. The van der Waals surface area contributed by atoms with Gasteiger partial charge in [-0.1, -0.05) is 24.3 Å². The Bertz CT molecular complexity index is 371. The van der Waals surface area contributed by atoms with Crippen molar-refractivity contribution in [2.45, 2.75) is 38.8 Å². The molecule has 2 rings (SSSR count). The van der Waals surface area contributed by atoms with Crippen LogP contribution in [0.3, 0.4) is 0 Å². The Hall–Kier alpha value is -0.860. The number of likely N-dealkylation sites (N-methyl/N-ethyl adjacent to an activating group) is 1. The lowest BCUT2D eigenvalue weighted by atomic mass is 10.0. The van der Waals surface area contributed by atoms with Crippen LogP contribution in [0.1, 0.15) is 30.9 Å². The average molecular weight is 246 g/mol. The molecule has 0 radical (unpaired) electrons. The lowest BCUT2D eigenvalue weighted by Gasteiger charge is -2.25. The molecule has 100 valence electrons. The van der Waals surface area contributed by atoms with Gasteiger partial charge in [-0.25, -0.2) is 0 Å². The summed E-state index contributed by atoms with van der Waals surface area (Å²) >= 11 is 0. The van der Waals surface area contributed by atoms with E-state index in [0.29, 0.717) is 0 Å². The van der Waals surface area contributed by atoms with Crippen LogP contribution in [0.4, 0.5) is 0 Å². The third-order valence-electron chi connectivity index (χ3n) is 4.18. The van der Waals surface area contributed by atoms with Crippen LogP contribution in [-0.2, 0) is 13.0 Å².